The first-order valence-electron chi connectivity index (χ1n) is 6.00. The van der Waals surface area contributed by atoms with E-state index in [9.17, 15) is 14.7 Å². The summed E-state index contributed by atoms with van der Waals surface area (Å²) in [5.41, 5.74) is -0.441. The summed E-state index contributed by atoms with van der Waals surface area (Å²) >= 11 is 0. The minimum Gasteiger partial charge on any atom is -0.507 e. The van der Waals surface area contributed by atoms with Crippen LogP contribution in [-0.2, 0) is 7.05 Å². The highest BCUT2D eigenvalue weighted by Crippen LogP contribution is 2.25. The SMILES string of the molecule is COc1ccc(O)c(C(=O)c2cc(C#N)c(=O)n(C)c2)c1. The largest absolute Gasteiger partial charge is 0.507 e. The average Bonchev–Trinajstić information content (AvgIpc) is 2.49. The van der Waals surface area contributed by atoms with Gasteiger partial charge in [0.25, 0.3) is 5.56 Å². The summed E-state index contributed by atoms with van der Waals surface area (Å²) in [5, 5.41) is 18.7. The molecule has 0 fully saturated rings. The fraction of sp³-hybridized carbons (Fsp3) is 0.133. The zero-order valence-corrected chi connectivity index (χ0v) is 11.5. The van der Waals surface area contributed by atoms with Gasteiger partial charge in [-0.25, -0.2) is 0 Å². The third-order valence-electron chi connectivity index (χ3n) is 3.01. The molecular weight excluding hydrogens is 272 g/mol. The number of ketones is 1. The first-order valence-corrected chi connectivity index (χ1v) is 6.00. The van der Waals surface area contributed by atoms with E-state index < -0.39 is 11.3 Å². The Morgan fingerprint density at radius 3 is 2.71 bits per heavy atom. The maximum Gasteiger partial charge on any atom is 0.268 e. The second-order valence-electron chi connectivity index (χ2n) is 4.38. The number of ether oxygens (including phenoxy) is 1. The second kappa shape index (κ2) is 5.51. The van der Waals surface area contributed by atoms with E-state index in [1.807, 2.05) is 0 Å². The molecule has 0 bridgehead atoms. The minimum atomic E-state index is -0.501. The van der Waals surface area contributed by atoms with Gasteiger partial charge in [-0.1, -0.05) is 0 Å². The summed E-state index contributed by atoms with van der Waals surface area (Å²) in [6.07, 6.45) is 1.32. The van der Waals surface area contributed by atoms with Crippen LogP contribution in [0.4, 0.5) is 0 Å². The normalized spacial score (nSPS) is 9.95. The highest BCUT2D eigenvalue weighted by atomic mass is 16.5. The maximum absolute atomic E-state index is 12.4. The van der Waals surface area contributed by atoms with Gasteiger partial charge in [-0.15, -0.1) is 0 Å². The number of hydrogen-bond donors (Lipinski definition) is 1. The van der Waals surface area contributed by atoms with E-state index in [1.54, 1.807) is 6.07 Å². The van der Waals surface area contributed by atoms with Crippen molar-refractivity contribution in [2.45, 2.75) is 0 Å². The van der Waals surface area contributed by atoms with Crippen molar-refractivity contribution in [3.8, 4) is 17.6 Å². The third-order valence-corrected chi connectivity index (χ3v) is 3.01. The summed E-state index contributed by atoms with van der Waals surface area (Å²) in [4.78, 5) is 24.1. The zero-order valence-electron chi connectivity index (χ0n) is 11.5. The molecule has 0 unspecified atom stereocenters. The molecule has 0 aliphatic carbocycles. The molecule has 6 heteroatoms. The predicted octanol–water partition coefficient (Wildman–Crippen LogP) is 1.20. The summed E-state index contributed by atoms with van der Waals surface area (Å²) in [5.74, 6) is -0.284. The molecule has 1 aromatic carbocycles. The van der Waals surface area contributed by atoms with Gasteiger partial charge in [0.1, 0.15) is 23.1 Å². The molecule has 21 heavy (non-hydrogen) atoms. The summed E-state index contributed by atoms with van der Waals surface area (Å²) in [7, 11) is 2.89. The van der Waals surface area contributed by atoms with Crippen molar-refractivity contribution in [1.29, 1.82) is 5.26 Å². The van der Waals surface area contributed by atoms with Gasteiger partial charge in [0.2, 0.25) is 0 Å². The minimum absolute atomic E-state index is 0.0388. The Kier molecular flexibility index (Phi) is 3.76. The smallest absolute Gasteiger partial charge is 0.268 e. The Bertz CT molecular complexity index is 815. The van der Waals surface area contributed by atoms with Crippen molar-refractivity contribution in [2.24, 2.45) is 7.05 Å². The molecular formula is C15H12N2O4. The van der Waals surface area contributed by atoms with Gasteiger partial charge < -0.3 is 14.4 Å². The monoisotopic (exact) mass is 284 g/mol. The van der Waals surface area contributed by atoms with E-state index >= 15 is 0 Å². The van der Waals surface area contributed by atoms with Crippen molar-refractivity contribution >= 4 is 5.78 Å². The topological polar surface area (TPSA) is 92.3 Å². The Morgan fingerprint density at radius 2 is 2.10 bits per heavy atom. The Labute approximate surface area is 120 Å². The maximum atomic E-state index is 12.4. The number of pyridine rings is 1. The van der Waals surface area contributed by atoms with Gasteiger partial charge in [0.15, 0.2) is 5.78 Å². The fourth-order valence-electron chi connectivity index (χ4n) is 1.90. The number of aromatic hydroxyl groups is 1. The lowest BCUT2D eigenvalue weighted by Gasteiger charge is -2.08. The lowest BCUT2D eigenvalue weighted by molar-refractivity contribution is 0.103. The number of carbonyl (C=O) groups excluding carboxylic acids is 1. The van der Waals surface area contributed by atoms with Gasteiger partial charge in [0.05, 0.1) is 12.7 Å². The number of nitrogens with zero attached hydrogens (tertiary/aromatic N) is 2. The van der Waals surface area contributed by atoms with Gasteiger partial charge in [-0.3, -0.25) is 9.59 Å². The van der Waals surface area contributed by atoms with Crippen LogP contribution in [0.3, 0.4) is 0 Å². The van der Waals surface area contributed by atoms with Crippen molar-refractivity contribution in [2.75, 3.05) is 7.11 Å². The summed E-state index contributed by atoms with van der Waals surface area (Å²) in [6.45, 7) is 0. The highest BCUT2D eigenvalue weighted by molar-refractivity contribution is 6.10. The van der Waals surface area contributed by atoms with E-state index in [-0.39, 0.29) is 22.4 Å². The molecule has 0 radical (unpaired) electrons. The number of carbonyl (C=O) groups is 1. The van der Waals surface area contributed by atoms with Crippen LogP contribution in [-0.4, -0.2) is 22.6 Å². The quantitative estimate of drug-likeness (QED) is 0.855. The van der Waals surface area contributed by atoms with E-state index in [2.05, 4.69) is 0 Å². The van der Waals surface area contributed by atoms with Crippen LogP contribution in [0.25, 0.3) is 0 Å². The molecule has 2 aromatic rings. The Balaban J connectivity index is 2.58. The van der Waals surface area contributed by atoms with Gasteiger partial charge in [0, 0.05) is 18.8 Å². The number of phenolic OH excluding ortho intramolecular Hbond substituents is 1. The van der Waals surface area contributed by atoms with E-state index in [4.69, 9.17) is 10.00 Å². The second-order valence-corrected chi connectivity index (χ2v) is 4.38. The number of aryl methyl sites for hydroxylation is 1. The molecule has 0 saturated carbocycles. The number of benzene rings is 1. The van der Waals surface area contributed by atoms with Crippen LogP contribution in [0.2, 0.25) is 0 Å². The van der Waals surface area contributed by atoms with Crippen molar-refractivity contribution in [1.82, 2.24) is 4.57 Å². The predicted molar refractivity (Wildman–Crippen MR) is 74.5 cm³/mol. The van der Waals surface area contributed by atoms with Gasteiger partial charge in [-0.2, -0.15) is 5.26 Å². The van der Waals surface area contributed by atoms with E-state index in [0.29, 0.717) is 5.75 Å². The molecule has 0 aliphatic heterocycles. The van der Waals surface area contributed by atoms with Crippen LogP contribution in [0.5, 0.6) is 11.5 Å². The molecule has 0 spiro atoms. The average molecular weight is 284 g/mol. The zero-order chi connectivity index (χ0) is 15.6. The number of rotatable bonds is 3. The van der Waals surface area contributed by atoms with Crippen LogP contribution in [0.15, 0.2) is 35.3 Å². The summed E-state index contributed by atoms with van der Waals surface area (Å²) in [6, 6.07) is 7.22. The molecule has 2 rings (SSSR count). The first kappa shape index (κ1) is 14.3. The first-order chi connectivity index (χ1) is 9.97. The van der Waals surface area contributed by atoms with Gasteiger partial charge in [-0.05, 0) is 24.3 Å². The van der Waals surface area contributed by atoms with Crippen LogP contribution < -0.4 is 10.3 Å². The van der Waals surface area contributed by atoms with Crippen molar-refractivity contribution in [3.63, 3.8) is 0 Å². The van der Waals surface area contributed by atoms with E-state index in [0.717, 1.165) is 4.57 Å². The number of nitriles is 1. The molecule has 0 atom stereocenters. The lowest BCUT2D eigenvalue weighted by atomic mass is 10.0. The van der Waals surface area contributed by atoms with Crippen LogP contribution >= 0.6 is 0 Å². The Hall–Kier alpha value is -3.07. The standard InChI is InChI=1S/C15H12N2O4/c1-17-8-10(5-9(7-16)15(17)20)14(19)12-6-11(21-2)3-4-13(12)18/h3-6,8,18H,1-2H3. The molecule has 0 aliphatic rings. The van der Waals surface area contributed by atoms with Crippen LogP contribution in [0, 0.1) is 11.3 Å². The Morgan fingerprint density at radius 1 is 1.38 bits per heavy atom. The third kappa shape index (κ3) is 2.62. The van der Waals surface area contributed by atoms with Crippen LogP contribution in [0.1, 0.15) is 21.5 Å². The van der Waals surface area contributed by atoms with Crippen molar-refractivity contribution < 1.29 is 14.6 Å². The molecule has 1 heterocycles. The fourth-order valence-corrected chi connectivity index (χ4v) is 1.90. The molecule has 0 saturated heterocycles. The van der Waals surface area contributed by atoms with Gasteiger partial charge >= 0.3 is 0 Å². The number of aromatic nitrogens is 1. The lowest BCUT2D eigenvalue weighted by Crippen LogP contribution is -2.21. The molecule has 0 amide bonds. The molecule has 106 valence electrons. The number of methoxy groups -OCH3 is 1. The highest BCUT2D eigenvalue weighted by Gasteiger charge is 2.17. The molecule has 6 nitrogen and oxygen atoms in total. The summed E-state index contributed by atoms with van der Waals surface area (Å²) < 4.78 is 6.17. The number of phenols is 1. The molecule has 1 N–H and O–H groups in total. The van der Waals surface area contributed by atoms with E-state index in [1.165, 1.54) is 44.6 Å². The number of hydrogen-bond acceptors (Lipinski definition) is 5. The van der Waals surface area contributed by atoms with Crippen molar-refractivity contribution in [3.05, 3.63) is 57.5 Å². The molecule has 1 aromatic heterocycles.